The monoisotopic (exact) mass is 401 g/mol. The smallest absolute Gasteiger partial charge is 0.254 e. The van der Waals surface area contributed by atoms with Crippen molar-refractivity contribution in [2.24, 2.45) is 0 Å². The van der Waals surface area contributed by atoms with Gasteiger partial charge in [0.15, 0.2) is 0 Å². The lowest BCUT2D eigenvalue weighted by Gasteiger charge is -2.31. The summed E-state index contributed by atoms with van der Waals surface area (Å²) in [5.41, 5.74) is 9.31. The summed E-state index contributed by atoms with van der Waals surface area (Å²) < 4.78 is 5.46. The Morgan fingerprint density at radius 3 is 2.77 bits per heavy atom. The third-order valence-electron chi connectivity index (χ3n) is 5.16. The number of fused-ring (bicyclic) bond motifs is 1. The summed E-state index contributed by atoms with van der Waals surface area (Å²) in [4.78, 5) is 23.1. The van der Waals surface area contributed by atoms with Crippen LogP contribution in [0.25, 0.3) is 11.1 Å². The number of nitrogens with zero attached hydrogens (tertiary/aromatic N) is 4. The standard InChI is InChI=1S/C22H19N5O3/c1-30-19-3-2-14(28)10-15(19)20-16(11-23)21(24)26-18-6-9-27(12-17(18)20)22(29)13-4-7-25-8-5-13/h2-5,7-8,10,28H,6,9,12H2,1H3,(H2,24,26). The number of phenols is 1. The van der Waals surface area contributed by atoms with Crippen molar-refractivity contribution in [2.75, 3.05) is 19.4 Å². The summed E-state index contributed by atoms with van der Waals surface area (Å²) in [6, 6.07) is 10.1. The molecule has 30 heavy (non-hydrogen) atoms. The van der Waals surface area contributed by atoms with Crippen molar-refractivity contribution in [2.45, 2.75) is 13.0 Å². The van der Waals surface area contributed by atoms with Gasteiger partial charge in [0, 0.05) is 54.2 Å². The summed E-state index contributed by atoms with van der Waals surface area (Å²) in [7, 11) is 1.51. The topological polar surface area (TPSA) is 125 Å². The molecule has 0 saturated carbocycles. The molecule has 3 N–H and O–H groups in total. The number of hydrogen-bond donors (Lipinski definition) is 2. The first kappa shape index (κ1) is 19.2. The molecule has 3 heterocycles. The highest BCUT2D eigenvalue weighted by molar-refractivity contribution is 5.94. The number of ether oxygens (including phenoxy) is 1. The van der Waals surface area contributed by atoms with E-state index in [0.717, 1.165) is 11.3 Å². The molecule has 8 heteroatoms. The number of methoxy groups -OCH3 is 1. The van der Waals surface area contributed by atoms with Gasteiger partial charge in [-0.1, -0.05) is 0 Å². The number of nitrogen functional groups attached to an aromatic ring is 1. The first-order valence-corrected chi connectivity index (χ1v) is 9.31. The SMILES string of the molecule is COc1ccc(O)cc1-c1c(C#N)c(N)nc2c1CN(C(=O)c1ccncc1)CC2. The maximum Gasteiger partial charge on any atom is 0.254 e. The number of carbonyl (C=O) groups excluding carboxylic acids is 1. The number of hydrogen-bond acceptors (Lipinski definition) is 7. The molecular weight excluding hydrogens is 382 g/mol. The van der Waals surface area contributed by atoms with E-state index in [1.54, 1.807) is 35.5 Å². The third kappa shape index (κ3) is 3.26. The van der Waals surface area contributed by atoms with Crippen LogP contribution in [0.1, 0.15) is 27.2 Å². The fourth-order valence-corrected chi connectivity index (χ4v) is 3.73. The Hall–Kier alpha value is -4.12. The van der Waals surface area contributed by atoms with E-state index >= 15 is 0 Å². The number of nitrogens with two attached hydrogens (primary N) is 1. The second kappa shape index (κ2) is 7.72. The van der Waals surface area contributed by atoms with Gasteiger partial charge in [0.1, 0.15) is 28.9 Å². The predicted molar refractivity (Wildman–Crippen MR) is 110 cm³/mol. The minimum Gasteiger partial charge on any atom is -0.508 e. The first-order chi connectivity index (χ1) is 14.5. The highest BCUT2D eigenvalue weighted by Gasteiger charge is 2.29. The molecule has 0 radical (unpaired) electrons. The molecule has 3 aromatic rings. The molecule has 0 unspecified atom stereocenters. The molecular formula is C22H19N5O3. The van der Waals surface area contributed by atoms with Gasteiger partial charge in [0.25, 0.3) is 5.91 Å². The third-order valence-corrected chi connectivity index (χ3v) is 5.16. The van der Waals surface area contributed by atoms with E-state index in [1.165, 1.54) is 19.2 Å². The highest BCUT2D eigenvalue weighted by atomic mass is 16.5. The number of carbonyl (C=O) groups is 1. The maximum atomic E-state index is 13.0. The van der Waals surface area contributed by atoms with Crippen LogP contribution in [0.3, 0.4) is 0 Å². The number of aromatic nitrogens is 2. The normalized spacial score (nSPS) is 12.7. The van der Waals surface area contributed by atoms with Gasteiger partial charge in [-0.05, 0) is 30.3 Å². The minimum absolute atomic E-state index is 0.0272. The van der Waals surface area contributed by atoms with Crippen molar-refractivity contribution in [1.82, 2.24) is 14.9 Å². The summed E-state index contributed by atoms with van der Waals surface area (Å²) >= 11 is 0. The molecule has 1 amide bonds. The van der Waals surface area contributed by atoms with Crippen molar-refractivity contribution in [3.05, 3.63) is 65.1 Å². The molecule has 1 aliphatic rings. The fourth-order valence-electron chi connectivity index (χ4n) is 3.73. The van der Waals surface area contributed by atoms with Crippen molar-refractivity contribution in [3.8, 4) is 28.7 Å². The average Bonchev–Trinajstić information content (AvgIpc) is 2.78. The van der Waals surface area contributed by atoms with Crippen LogP contribution in [-0.4, -0.2) is 39.5 Å². The number of benzene rings is 1. The zero-order valence-electron chi connectivity index (χ0n) is 16.3. The van der Waals surface area contributed by atoms with Crippen molar-refractivity contribution in [1.29, 1.82) is 5.26 Å². The molecule has 1 aromatic carbocycles. The average molecular weight is 401 g/mol. The lowest BCUT2D eigenvalue weighted by atomic mass is 9.90. The number of anilines is 1. The Morgan fingerprint density at radius 1 is 1.30 bits per heavy atom. The van der Waals surface area contributed by atoms with Crippen LogP contribution in [0, 0.1) is 11.3 Å². The summed E-state index contributed by atoms with van der Waals surface area (Å²) in [5, 5.41) is 19.9. The molecule has 1 aliphatic heterocycles. The molecule has 0 saturated heterocycles. The van der Waals surface area contributed by atoms with Crippen LogP contribution in [0.2, 0.25) is 0 Å². The van der Waals surface area contributed by atoms with Crippen LogP contribution in [0.5, 0.6) is 11.5 Å². The Labute approximate surface area is 173 Å². The van der Waals surface area contributed by atoms with Gasteiger partial charge in [0.05, 0.1) is 12.8 Å². The zero-order valence-corrected chi connectivity index (χ0v) is 16.3. The van der Waals surface area contributed by atoms with Crippen molar-refractivity contribution >= 4 is 11.7 Å². The first-order valence-electron chi connectivity index (χ1n) is 9.31. The predicted octanol–water partition coefficient (Wildman–Crippen LogP) is 2.51. The van der Waals surface area contributed by atoms with E-state index in [9.17, 15) is 15.2 Å². The molecule has 4 rings (SSSR count). The van der Waals surface area contributed by atoms with E-state index in [1.807, 2.05) is 0 Å². The molecule has 0 aliphatic carbocycles. The molecule has 0 spiro atoms. The fraction of sp³-hybridized carbons (Fsp3) is 0.182. The van der Waals surface area contributed by atoms with E-state index in [4.69, 9.17) is 10.5 Å². The number of amides is 1. The van der Waals surface area contributed by atoms with Crippen LogP contribution in [0.4, 0.5) is 5.82 Å². The second-order valence-electron chi connectivity index (χ2n) is 6.88. The molecule has 0 bridgehead atoms. The molecule has 8 nitrogen and oxygen atoms in total. The van der Waals surface area contributed by atoms with E-state index in [0.29, 0.717) is 35.4 Å². The summed E-state index contributed by atoms with van der Waals surface area (Å²) in [5.74, 6) is 0.492. The number of phenolic OH excluding ortho intramolecular Hbond substituents is 1. The second-order valence-corrected chi connectivity index (χ2v) is 6.88. The largest absolute Gasteiger partial charge is 0.508 e. The Kier molecular flexibility index (Phi) is 4.94. The number of rotatable bonds is 3. The van der Waals surface area contributed by atoms with Gasteiger partial charge in [-0.2, -0.15) is 5.26 Å². The van der Waals surface area contributed by atoms with E-state index in [2.05, 4.69) is 16.0 Å². The zero-order chi connectivity index (χ0) is 21.3. The Bertz CT molecular complexity index is 1170. The Morgan fingerprint density at radius 2 is 2.07 bits per heavy atom. The van der Waals surface area contributed by atoms with Crippen LogP contribution in [-0.2, 0) is 13.0 Å². The summed E-state index contributed by atoms with van der Waals surface area (Å²) in [6.45, 7) is 0.732. The van der Waals surface area contributed by atoms with Crippen molar-refractivity contribution in [3.63, 3.8) is 0 Å². The molecule has 0 fully saturated rings. The van der Waals surface area contributed by atoms with Crippen LogP contribution in [0.15, 0.2) is 42.7 Å². The number of aromatic hydroxyl groups is 1. The maximum absolute atomic E-state index is 13.0. The Balaban J connectivity index is 1.87. The van der Waals surface area contributed by atoms with Crippen LogP contribution >= 0.6 is 0 Å². The molecule has 150 valence electrons. The van der Waals surface area contributed by atoms with Crippen LogP contribution < -0.4 is 10.5 Å². The lowest BCUT2D eigenvalue weighted by Crippen LogP contribution is -2.37. The lowest BCUT2D eigenvalue weighted by molar-refractivity contribution is 0.0734. The minimum atomic E-state index is -0.132. The summed E-state index contributed by atoms with van der Waals surface area (Å²) in [6.07, 6.45) is 3.64. The highest BCUT2D eigenvalue weighted by Crippen LogP contribution is 2.41. The van der Waals surface area contributed by atoms with Gasteiger partial charge in [-0.25, -0.2) is 4.98 Å². The number of pyridine rings is 2. The quantitative estimate of drug-likeness (QED) is 0.691. The van der Waals surface area contributed by atoms with E-state index < -0.39 is 0 Å². The van der Waals surface area contributed by atoms with Gasteiger partial charge in [0.2, 0.25) is 0 Å². The van der Waals surface area contributed by atoms with Gasteiger partial charge in [-0.15, -0.1) is 0 Å². The van der Waals surface area contributed by atoms with Gasteiger partial charge in [-0.3, -0.25) is 9.78 Å². The van der Waals surface area contributed by atoms with Gasteiger partial charge < -0.3 is 20.5 Å². The van der Waals surface area contributed by atoms with E-state index in [-0.39, 0.29) is 29.6 Å². The number of nitriles is 1. The van der Waals surface area contributed by atoms with Gasteiger partial charge >= 0.3 is 0 Å². The molecule has 0 atom stereocenters. The van der Waals surface area contributed by atoms with Crippen molar-refractivity contribution < 1.29 is 14.6 Å². The molecule has 2 aromatic heterocycles.